The van der Waals surface area contributed by atoms with Gasteiger partial charge in [-0.1, -0.05) is 6.92 Å². The second-order valence-electron chi connectivity index (χ2n) is 3.55. The topological polar surface area (TPSA) is 87.5 Å². The third kappa shape index (κ3) is 2.43. The molecule has 0 bridgehead atoms. The second kappa shape index (κ2) is 4.39. The fourth-order valence-electron chi connectivity index (χ4n) is 1.20. The number of likely N-dealkylation sites (N-methyl/N-ethyl adjacent to an activating group) is 1. The van der Waals surface area contributed by atoms with Crippen LogP contribution in [0.1, 0.15) is 6.92 Å². The molecule has 0 aromatic rings. The standard InChI is InChI=1S/C8H16N4O2/c1-5(3-9)7(13)10-6-4-12(2)11-8(6)14/h5-6H,3-4,9H2,1-2H3,(H,10,13)(H,11,14). The van der Waals surface area contributed by atoms with Gasteiger partial charge in [0.2, 0.25) is 5.91 Å². The Morgan fingerprint density at radius 2 is 2.50 bits per heavy atom. The molecule has 14 heavy (non-hydrogen) atoms. The number of nitrogens with one attached hydrogen (secondary N) is 2. The van der Waals surface area contributed by atoms with Crippen molar-refractivity contribution in [3.63, 3.8) is 0 Å². The first-order chi connectivity index (χ1) is 6.54. The van der Waals surface area contributed by atoms with Crippen LogP contribution in [0, 0.1) is 5.92 Å². The molecule has 0 aromatic carbocycles. The number of hydrogen-bond donors (Lipinski definition) is 3. The smallest absolute Gasteiger partial charge is 0.258 e. The van der Waals surface area contributed by atoms with Crippen LogP contribution >= 0.6 is 0 Å². The lowest BCUT2D eigenvalue weighted by molar-refractivity contribution is -0.129. The van der Waals surface area contributed by atoms with E-state index in [2.05, 4.69) is 10.7 Å². The molecule has 2 unspecified atom stereocenters. The summed E-state index contributed by atoms with van der Waals surface area (Å²) in [6.45, 7) is 2.50. The van der Waals surface area contributed by atoms with Gasteiger partial charge < -0.3 is 11.1 Å². The fraction of sp³-hybridized carbons (Fsp3) is 0.750. The average Bonchev–Trinajstić information content (AvgIpc) is 2.44. The molecule has 6 nitrogen and oxygen atoms in total. The van der Waals surface area contributed by atoms with Crippen molar-refractivity contribution in [3.05, 3.63) is 0 Å². The molecule has 4 N–H and O–H groups in total. The van der Waals surface area contributed by atoms with Crippen LogP contribution < -0.4 is 16.5 Å². The lowest BCUT2D eigenvalue weighted by atomic mass is 10.1. The van der Waals surface area contributed by atoms with Crippen molar-refractivity contribution in [1.29, 1.82) is 0 Å². The van der Waals surface area contributed by atoms with Gasteiger partial charge in [-0.25, -0.2) is 5.01 Å². The van der Waals surface area contributed by atoms with Gasteiger partial charge in [-0.05, 0) is 0 Å². The Bertz CT molecular complexity index is 243. The largest absolute Gasteiger partial charge is 0.343 e. The fourth-order valence-corrected chi connectivity index (χ4v) is 1.20. The van der Waals surface area contributed by atoms with Crippen LogP contribution in [0.15, 0.2) is 0 Å². The van der Waals surface area contributed by atoms with Crippen LogP contribution in [0.25, 0.3) is 0 Å². The molecule has 1 aliphatic rings. The molecule has 1 heterocycles. The average molecular weight is 200 g/mol. The van der Waals surface area contributed by atoms with E-state index in [1.54, 1.807) is 19.0 Å². The second-order valence-corrected chi connectivity index (χ2v) is 3.55. The molecule has 1 saturated heterocycles. The van der Waals surface area contributed by atoms with E-state index in [4.69, 9.17) is 5.73 Å². The van der Waals surface area contributed by atoms with Crippen molar-refractivity contribution >= 4 is 11.8 Å². The minimum absolute atomic E-state index is 0.176. The first-order valence-electron chi connectivity index (χ1n) is 4.56. The number of nitrogens with zero attached hydrogens (tertiary/aromatic N) is 1. The number of hydrazine groups is 1. The monoisotopic (exact) mass is 200 g/mol. The van der Waals surface area contributed by atoms with Crippen LogP contribution in [0.2, 0.25) is 0 Å². The van der Waals surface area contributed by atoms with Gasteiger partial charge in [-0.2, -0.15) is 0 Å². The van der Waals surface area contributed by atoms with Gasteiger partial charge in [-0.15, -0.1) is 0 Å². The molecule has 0 spiro atoms. The molecule has 2 amide bonds. The van der Waals surface area contributed by atoms with E-state index in [9.17, 15) is 9.59 Å². The molecular weight excluding hydrogens is 184 g/mol. The highest BCUT2D eigenvalue weighted by Crippen LogP contribution is 1.99. The molecule has 0 saturated carbocycles. The third-order valence-electron chi connectivity index (χ3n) is 2.19. The Labute approximate surface area is 82.8 Å². The maximum absolute atomic E-state index is 11.4. The highest BCUT2D eigenvalue weighted by Gasteiger charge is 2.30. The van der Waals surface area contributed by atoms with E-state index in [0.29, 0.717) is 6.54 Å². The van der Waals surface area contributed by atoms with Crippen molar-refractivity contribution in [1.82, 2.24) is 15.8 Å². The number of amides is 2. The maximum Gasteiger partial charge on any atom is 0.258 e. The Hall–Kier alpha value is -1.14. The molecule has 1 rings (SSSR count). The van der Waals surface area contributed by atoms with E-state index in [1.165, 1.54) is 0 Å². The third-order valence-corrected chi connectivity index (χ3v) is 2.19. The SMILES string of the molecule is CC(CN)C(=O)NC1CN(C)NC1=O. The van der Waals surface area contributed by atoms with Crippen LogP contribution in [0.5, 0.6) is 0 Å². The van der Waals surface area contributed by atoms with Crippen LogP contribution in [-0.4, -0.2) is 43.0 Å². The van der Waals surface area contributed by atoms with Crippen molar-refractivity contribution in [2.75, 3.05) is 20.1 Å². The summed E-state index contributed by atoms with van der Waals surface area (Å²) in [5.74, 6) is -0.610. The molecule has 80 valence electrons. The number of carbonyl (C=O) groups excluding carboxylic acids is 2. The highest BCUT2D eigenvalue weighted by molar-refractivity contribution is 5.89. The first kappa shape index (κ1) is 10.9. The van der Waals surface area contributed by atoms with Gasteiger partial charge in [-0.3, -0.25) is 15.0 Å². The van der Waals surface area contributed by atoms with Gasteiger partial charge >= 0.3 is 0 Å². The van der Waals surface area contributed by atoms with Crippen LogP contribution in [-0.2, 0) is 9.59 Å². The number of hydrogen-bond acceptors (Lipinski definition) is 4. The van der Waals surface area contributed by atoms with Crippen molar-refractivity contribution in [3.8, 4) is 0 Å². The summed E-state index contributed by atoms with van der Waals surface area (Å²) in [6, 6.07) is -0.457. The minimum Gasteiger partial charge on any atom is -0.343 e. The van der Waals surface area contributed by atoms with Crippen LogP contribution in [0.4, 0.5) is 0 Å². The summed E-state index contributed by atoms with van der Waals surface area (Å²) in [7, 11) is 1.75. The van der Waals surface area contributed by atoms with Gasteiger partial charge in [0.15, 0.2) is 0 Å². The van der Waals surface area contributed by atoms with E-state index in [-0.39, 0.29) is 24.3 Å². The number of carbonyl (C=O) groups is 2. The van der Waals surface area contributed by atoms with Gasteiger partial charge in [0.1, 0.15) is 6.04 Å². The quantitative estimate of drug-likeness (QED) is 0.494. The Balaban J connectivity index is 2.45. The number of rotatable bonds is 3. The Kier molecular flexibility index (Phi) is 3.43. The van der Waals surface area contributed by atoms with Crippen molar-refractivity contribution in [2.24, 2.45) is 11.7 Å². The summed E-state index contributed by atoms with van der Waals surface area (Å²) in [4.78, 5) is 22.6. The summed E-state index contributed by atoms with van der Waals surface area (Å²) in [5, 5.41) is 4.28. The normalized spacial score (nSPS) is 24.5. The maximum atomic E-state index is 11.4. The summed E-state index contributed by atoms with van der Waals surface area (Å²) in [5.41, 5.74) is 7.91. The minimum atomic E-state index is -0.457. The van der Waals surface area contributed by atoms with Gasteiger partial charge in [0.25, 0.3) is 5.91 Å². The summed E-state index contributed by atoms with van der Waals surface area (Å²) in [6.07, 6.45) is 0. The summed E-state index contributed by atoms with van der Waals surface area (Å²) < 4.78 is 0. The van der Waals surface area contributed by atoms with E-state index in [0.717, 1.165) is 0 Å². The summed E-state index contributed by atoms with van der Waals surface area (Å²) >= 11 is 0. The highest BCUT2D eigenvalue weighted by atomic mass is 16.2. The van der Waals surface area contributed by atoms with Gasteiger partial charge in [0.05, 0.1) is 0 Å². The zero-order valence-electron chi connectivity index (χ0n) is 8.41. The van der Waals surface area contributed by atoms with Crippen LogP contribution in [0.3, 0.4) is 0 Å². The molecule has 6 heteroatoms. The lowest BCUT2D eigenvalue weighted by Crippen LogP contribution is -2.45. The first-order valence-corrected chi connectivity index (χ1v) is 4.56. The molecule has 0 aliphatic carbocycles. The predicted octanol–water partition coefficient (Wildman–Crippen LogP) is -1.96. The predicted molar refractivity (Wildman–Crippen MR) is 50.9 cm³/mol. The lowest BCUT2D eigenvalue weighted by Gasteiger charge is -2.13. The molecule has 1 aliphatic heterocycles. The van der Waals surface area contributed by atoms with Crippen molar-refractivity contribution < 1.29 is 9.59 Å². The van der Waals surface area contributed by atoms with E-state index >= 15 is 0 Å². The zero-order valence-corrected chi connectivity index (χ0v) is 8.41. The zero-order chi connectivity index (χ0) is 10.7. The van der Waals surface area contributed by atoms with Gasteiger partial charge in [0, 0.05) is 26.1 Å². The molecule has 0 aromatic heterocycles. The molecule has 0 radical (unpaired) electrons. The Morgan fingerprint density at radius 3 is 2.93 bits per heavy atom. The Morgan fingerprint density at radius 1 is 1.86 bits per heavy atom. The molecule has 1 fully saturated rings. The van der Waals surface area contributed by atoms with Crippen molar-refractivity contribution in [2.45, 2.75) is 13.0 Å². The molecular formula is C8H16N4O2. The van der Waals surface area contributed by atoms with E-state index in [1.807, 2.05) is 0 Å². The number of nitrogens with two attached hydrogens (primary N) is 1. The molecule has 2 atom stereocenters. The van der Waals surface area contributed by atoms with E-state index < -0.39 is 6.04 Å².